The summed E-state index contributed by atoms with van der Waals surface area (Å²) in [5.74, 6) is 0.499. The largest absolute Gasteiger partial charge is 0.491 e. The van der Waals surface area contributed by atoms with Gasteiger partial charge in [0, 0.05) is 12.6 Å². The third-order valence-electron chi connectivity index (χ3n) is 3.52. The van der Waals surface area contributed by atoms with Gasteiger partial charge in [0.05, 0.1) is 6.04 Å². The lowest BCUT2D eigenvalue weighted by atomic mass is 10.1. The second kappa shape index (κ2) is 8.55. The van der Waals surface area contributed by atoms with E-state index >= 15 is 0 Å². The Balaban J connectivity index is 1.72. The fourth-order valence-electron chi connectivity index (χ4n) is 2.42. The normalized spacial score (nSPS) is 16.8. The van der Waals surface area contributed by atoms with Gasteiger partial charge in [-0.1, -0.05) is 30.3 Å². The second-order valence-electron chi connectivity index (χ2n) is 6.95. The van der Waals surface area contributed by atoms with Crippen LogP contribution in [0.5, 0.6) is 0 Å². The molecule has 0 aliphatic carbocycles. The average Bonchev–Trinajstić information content (AvgIpc) is 2.89. The van der Waals surface area contributed by atoms with E-state index in [1.165, 1.54) is 6.08 Å². The van der Waals surface area contributed by atoms with E-state index in [1.807, 2.05) is 51.1 Å². The van der Waals surface area contributed by atoms with E-state index in [4.69, 9.17) is 9.47 Å². The molecule has 2 N–H and O–H groups in total. The van der Waals surface area contributed by atoms with E-state index < -0.39 is 11.7 Å². The number of carbonyl (C=O) groups is 2. The molecular formula is C19H26N2O4. The molecule has 1 aliphatic heterocycles. The summed E-state index contributed by atoms with van der Waals surface area (Å²) in [6, 6.07) is 9.64. The Morgan fingerprint density at radius 1 is 1.24 bits per heavy atom. The number of hydrogen-bond acceptors (Lipinski definition) is 4. The molecule has 1 aromatic carbocycles. The van der Waals surface area contributed by atoms with Gasteiger partial charge in [-0.15, -0.1) is 0 Å². The maximum atomic E-state index is 11.6. The lowest BCUT2D eigenvalue weighted by Crippen LogP contribution is -2.34. The van der Waals surface area contributed by atoms with E-state index in [0.717, 1.165) is 5.56 Å². The zero-order valence-corrected chi connectivity index (χ0v) is 15.0. The van der Waals surface area contributed by atoms with Gasteiger partial charge in [0.1, 0.15) is 18.0 Å². The number of amides is 2. The zero-order valence-electron chi connectivity index (χ0n) is 15.0. The predicted molar refractivity (Wildman–Crippen MR) is 94.7 cm³/mol. The molecule has 0 aromatic heterocycles. The molecular weight excluding hydrogens is 320 g/mol. The molecule has 0 unspecified atom stereocenters. The van der Waals surface area contributed by atoms with Crippen LogP contribution in [-0.2, 0) is 20.9 Å². The van der Waals surface area contributed by atoms with E-state index in [1.54, 1.807) is 0 Å². The lowest BCUT2D eigenvalue weighted by molar-refractivity contribution is -0.116. The first kappa shape index (κ1) is 18.8. The van der Waals surface area contributed by atoms with E-state index in [0.29, 0.717) is 31.8 Å². The fourth-order valence-corrected chi connectivity index (χ4v) is 2.42. The first-order valence-electron chi connectivity index (χ1n) is 8.49. The van der Waals surface area contributed by atoms with Crippen molar-refractivity contribution < 1.29 is 19.1 Å². The summed E-state index contributed by atoms with van der Waals surface area (Å²) in [6.45, 7) is 6.37. The Morgan fingerprint density at radius 3 is 2.64 bits per heavy atom. The maximum absolute atomic E-state index is 11.6. The first-order chi connectivity index (χ1) is 11.8. The lowest BCUT2D eigenvalue weighted by Gasteiger charge is -2.20. The fraction of sp³-hybridized carbons (Fsp3) is 0.474. The molecule has 0 saturated carbocycles. The van der Waals surface area contributed by atoms with Gasteiger partial charge < -0.3 is 20.1 Å². The highest BCUT2D eigenvalue weighted by Gasteiger charge is 2.25. The molecule has 0 saturated heterocycles. The summed E-state index contributed by atoms with van der Waals surface area (Å²) in [7, 11) is 0. The van der Waals surface area contributed by atoms with Gasteiger partial charge in [0.15, 0.2) is 0 Å². The van der Waals surface area contributed by atoms with Gasteiger partial charge in [0.2, 0.25) is 5.91 Å². The third kappa shape index (κ3) is 6.87. The average molecular weight is 346 g/mol. The topological polar surface area (TPSA) is 76.7 Å². The molecule has 25 heavy (non-hydrogen) atoms. The van der Waals surface area contributed by atoms with Crippen LogP contribution in [0, 0.1) is 0 Å². The van der Waals surface area contributed by atoms with Crippen molar-refractivity contribution >= 4 is 12.0 Å². The molecule has 1 heterocycles. The number of rotatable bonds is 7. The van der Waals surface area contributed by atoms with Gasteiger partial charge in [-0.25, -0.2) is 4.79 Å². The number of ether oxygens (including phenoxy) is 2. The highest BCUT2D eigenvalue weighted by Crippen LogP contribution is 2.18. The van der Waals surface area contributed by atoms with Gasteiger partial charge in [0.25, 0.3) is 0 Å². The number of alkyl carbamates (subject to hydrolysis) is 1. The Bertz CT molecular complexity index is 620. The summed E-state index contributed by atoms with van der Waals surface area (Å²) < 4.78 is 11.0. The van der Waals surface area contributed by atoms with Crippen molar-refractivity contribution in [1.82, 2.24) is 10.6 Å². The monoisotopic (exact) mass is 346 g/mol. The molecule has 6 nitrogen and oxygen atoms in total. The molecule has 2 rings (SSSR count). The van der Waals surface area contributed by atoms with Gasteiger partial charge >= 0.3 is 6.09 Å². The molecule has 2 amide bonds. The van der Waals surface area contributed by atoms with Crippen LogP contribution in [0.3, 0.4) is 0 Å². The van der Waals surface area contributed by atoms with Crippen LogP contribution in [0.1, 0.15) is 39.2 Å². The number of hydrogen-bond donors (Lipinski definition) is 2. The Kier molecular flexibility index (Phi) is 6.44. The van der Waals surface area contributed by atoms with Gasteiger partial charge in [-0.3, -0.25) is 4.79 Å². The van der Waals surface area contributed by atoms with Gasteiger partial charge in [-0.05, 0) is 39.2 Å². The van der Waals surface area contributed by atoms with E-state index in [2.05, 4.69) is 10.6 Å². The molecule has 0 radical (unpaired) electrons. The van der Waals surface area contributed by atoms with Crippen molar-refractivity contribution in [1.29, 1.82) is 0 Å². The molecule has 0 spiro atoms. The molecule has 0 bridgehead atoms. The van der Waals surface area contributed by atoms with Crippen LogP contribution >= 0.6 is 0 Å². The quantitative estimate of drug-likeness (QED) is 0.744. The van der Waals surface area contributed by atoms with E-state index in [-0.39, 0.29) is 11.9 Å². The predicted octanol–water partition coefficient (Wildman–Crippen LogP) is 2.89. The first-order valence-corrected chi connectivity index (χ1v) is 8.49. The van der Waals surface area contributed by atoms with Crippen molar-refractivity contribution in [3.05, 3.63) is 47.7 Å². The van der Waals surface area contributed by atoms with Crippen molar-refractivity contribution in [2.75, 3.05) is 6.54 Å². The standard InChI is InChI=1S/C19H26N2O4/c1-19(2,3)25-18(23)20-11-7-10-15-16(12-17(22)21-15)24-13-14-8-5-4-6-9-14/h4-6,8-9,12,15H,7,10-11,13H2,1-3H3,(H,20,23)(H,21,22)/t15-/m0/s1. The molecule has 136 valence electrons. The van der Waals surface area contributed by atoms with Crippen molar-refractivity contribution in [3.63, 3.8) is 0 Å². The zero-order chi connectivity index (χ0) is 18.3. The number of nitrogens with one attached hydrogen (secondary N) is 2. The number of carbonyl (C=O) groups excluding carboxylic acids is 2. The van der Waals surface area contributed by atoms with Crippen LogP contribution in [0.4, 0.5) is 4.79 Å². The maximum Gasteiger partial charge on any atom is 0.407 e. The molecule has 0 fully saturated rings. The summed E-state index contributed by atoms with van der Waals surface area (Å²) in [4.78, 5) is 23.2. The highest BCUT2D eigenvalue weighted by atomic mass is 16.6. The second-order valence-corrected chi connectivity index (χ2v) is 6.95. The Hall–Kier alpha value is -2.50. The summed E-state index contributed by atoms with van der Waals surface area (Å²) >= 11 is 0. The highest BCUT2D eigenvalue weighted by molar-refractivity contribution is 5.91. The summed E-state index contributed by atoms with van der Waals surface area (Å²) in [5.41, 5.74) is 0.540. The van der Waals surface area contributed by atoms with Crippen molar-refractivity contribution in [2.45, 2.75) is 51.9 Å². The minimum atomic E-state index is -0.509. The van der Waals surface area contributed by atoms with Crippen molar-refractivity contribution in [2.24, 2.45) is 0 Å². The summed E-state index contributed by atoms with van der Waals surface area (Å²) in [5, 5.41) is 5.58. The van der Waals surface area contributed by atoms with E-state index in [9.17, 15) is 9.59 Å². The molecule has 1 aromatic rings. The third-order valence-corrected chi connectivity index (χ3v) is 3.52. The minimum Gasteiger partial charge on any atom is -0.491 e. The van der Waals surface area contributed by atoms with Crippen LogP contribution in [-0.4, -0.2) is 30.2 Å². The van der Waals surface area contributed by atoms with Crippen LogP contribution in [0.25, 0.3) is 0 Å². The van der Waals surface area contributed by atoms with Crippen LogP contribution in [0.15, 0.2) is 42.2 Å². The van der Waals surface area contributed by atoms with Crippen LogP contribution in [0.2, 0.25) is 0 Å². The molecule has 6 heteroatoms. The minimum absolute atomic E-state index is 0.145. The molecule has 1 atom stereocenters. The van der Waals surface area contributed by atoms with Crippen molar-refractivity contribution in [3.8, 4) is 0 Å². The van der Waals surface area contributed by atoms with Crippen LogP contribution < -0.4 is 10.6 Å². The summed E-state index contributed by atoms with van der Waals surface area (Å²) in [6.07, 6.45) is 2.45. The molecule has 1 aliphatic rings. The number of benzene rings is 1. The SMILES string of the molecule is CC(C)(C)OC(=O)NCCC[C@@H]1NC(=O)C=C1OCc1ccccc1. The smallest absolute Gasteiger partial charge is 0.407 e. The Labute approximate surface area is 148 Å². The Morgan fingerprint density at radius 2 is 1.96 bits per heavy atom. The van der Waals surface area contributed by atoms with Gasteiger partial charge in [-0.2, -0.15) is 0 Å².